The molecule has 0 saturated carbocycles. The Morgan fingerprint density at radius 2 is 2.06 bits per heavy atom. The quantitative estimate of drug-likeness (QED) is 0.637. The first kappa shape index (κ1) is 12.1. The molecule has 0 aliphatic heterocycles. The van der Waals surface area contributed by atoms with Gasteiger partial charge in [-0.1, -0.05) is 52.3 Å². The van der Waals surface area contributed by atoms with Crippen LogP contribution < -0.4 is 4.74 Å². The Morgan fingerprint density at radius 1 is 1.29 bits per heavy atom. The van der Waals surface area contributed by atoms with Crippen LogP contribution in [0.25, 0.3) is 10.8 Å². The Balaban J connectivity index is 2.68. The zero-order valence-electron chi connectivity index (χ0n) is 9.52. The molecule has 2 aromatic rings. The fourth-order valence-electron chi connectivity index (χ4n) is 1.97. The molecule has 0 fully saturated rings. The second-order valence-corrected chi connectivity index (χ2v) is 4.45. The van der Waals surface area contributed by atoms with Gasteiger partial charge in [-0.05, 0) is 5.39 Å². The average Bonchev–Trinajstić information content (AvgIpc) is 2.39. The summed E-state index contributed by atoms with van der Waals surface area (Å²) in [5, 5.41) is 2.76. The minimum absolute atomic E-state index is 0.172. The van der Waals surface area contributed by atoms with Gasteiger partial charge in [0.1, 0.15) is 12.0 Å². The number of rotatable bonds is 4. The summed E-state index contributed by atoms with van der Waals surface area (Å²) in [6.45, 7) is 0. The Hall–Kier alpha value is -1.35. The number of methoxy groups -OCH3 is 1. The predicted molar refractivity (Wildman–Crippen MR) is 73.1 cm³/mol. The van der Waals surface area contributed by atoms with E-state index in [1.54, 1.807) is 7.11 Å². The molecule has 0 saturated heterocycles. The number of carbonyl (C=O) groups excluding carboxylic acids is 1. The van der Waals surface area contributed by atoms with Crippen molar-refractivity contribution >= 4 is 33.0 Å². The zero-order valence-corrected chi connectivity index (χ0v) is 11.1. The predicted octanol–water partition coefficient (Wildman–Crippen LogP) is 3.53. The average molecular weight is 293 g/mol. The number of halogens is 1. The van der Waals surface area contributed by atoms with E-state index in [0.717, 1.165) is 28.4 Å². The minimum Gasteiger partial charge on any atom is -0.496 e. The molecule has 0 bridgehead atoms. The number of carbonyl (C=O) groups is 1. The van der Waals surface area contributed by atoms with E-state index in [-0.39, 0.29) is 5.92 Å². The fraction of sp³-hybridized carbons (Fsp3) is 0.214. The van der Waals surface area contributed by atoms with Gasteiger partial charge in [0.15, 0.2) is 0 Å². The largest absolute Gasteiger partial charge is 0.496 e. The molecule has 17 heavy (non-hydrogen) atoms. The Kier molecular flexibility index (Phi) is 3.79. The second kappa shape index (κ2) is 5.32. The molecule has 0 aliphatic rings. The summed E-state index contributed by atoms with van der Waals surface area (Å²) in [7, 11) is 1.64. The molecule has 2 rings (SSSR count). The van der Waals surface area contributed by atoms with Crippen molar-refractivity contribution in [2.45, 2.75) is 5.92 Å². The van der Waals surface area contributed by atoms with E-state index in [1.165, 1.54) is 0 Å². The summed E-state index contributed by atoms with van der Waals surface area (Å²) in [5.74, 6) is 0.620. The van der Waals surface area contributed by atoms with Crippen LogP contribution in [0.5, 0.6) is 5.75 Å². The van der Waals surface area contributed by atoms with Gasteiger partial charge in [-0.3, -0.25) is 0 Å². The van der Waals surface area contributed by atoms with Gasteiger partial charge >= 0.3 is 0 Å². The first-order valence-electron chi connectivity index (χ1n) is 5.38. The van der Waals surface area contributed by atoms with E-state index in [1.807, 2.05) is 36.4 Å². The van der Waals surface area contributed by atoms with E-state index >= 15 is 0 Å². The fourth-order valence-corrected chi connectivity index (χ4v) is 2.47. The Bertz CT molecular complexity index is 537. The molecule has 0 N–H and O–H groups in total. The van der Waals surface area contributed by atoms with E-state index < -0.39 is 0 Å². The first-order valence-corrected chi connectivity index (χ1v) is 6.51. The highest BCUT2D eigenvalue weighted by atomic mass is 79.9. The summed E-state index contributed by atoms with van der Waals surface area (Å²) in [4.78, 5) is 11.1. The van der Waals surface area contributed by atoms with Gasteiger partial charge in [-0.25, -0.2) is 0 Å². The lowest BCUT2D eigenvalue weighted by Gasteiger charge is -2.14. The molecular weight excluding hydrogens is 280 g/mol. The van der Waals surface area contributed by atoms with Gasteiger partial charge < -0.3 is 9.53 Å². The van der Waals surface area contributed by atoms with Gasteiger partial charge in [0.05, 0.1) is 13.0 Å². The SMILES string of the molecule is COc1c(C(C=O)CBr)ccc2ccccc12. The van der Waals surface area contributed by atoms with Crippen molar-refractivity contribution in [2.75, 3.05) is 12.4 Å². The van der Waals surface area contributed by atoms with Gasteiger partial charge in [0.2, 0.25) is 0 Å². The topological polar surface area (TPSA) is 26.3 Å². The summed E-state index contributed by atoms with van der Waals surface area (Å²) in [5.41, 5.74) is 0.929. The monoisotopic (exact) mass is 292 g/mol. The third kappa shape index (κ3) is 2.20. The number of fused-ring (bicyclic) bond motifs is 1. The summed E-state index contributed by atoms with van der Waals surface area (Å²) < 4.78 is 5.46. The van der Waals surface area contributed by atoms with Crippen LogP contribution in [0.4, 0.5) is 0 Å². The Labute approximate surface area is 109 Å². The van der Waals surface area contributed by atoms with Crippen molar-refractivity contribution in [3.8, 4) is 5.75 Å². The van der Waals surface area contributed by atoms with Crippen molar-refractivity contribution in [3.05, 3.63) is 42.0 Å². The number of hydrogen-bond donors (Lipinski definition) is 0. The summed E-state index contributed by atoms with van der Waals surface area (Å²) in [6.07, 6.45) is 0.946. The molecule has 1 unspecified atom stereocenters. The van der Waals surface area contributed by atoms with Crippen molar-refractivity contribution < 1.29 is 9.53 Å². The second-order valence-electron chi connectivity index (χ2n) is 3.81. The number of benzene rings is 2. The van der Waals surface area contributed by atoms with E-state index in [0.29, 0.717) is 5.33 Å². The van der Waals surface area contributed by atoms with E-state index in [2.05, 4.69) is 15.9 Å². The molecule has 0 heterocycles. The van der Waals surface area contributed by atoms with Crippen LogP contribution in [0.15, 0.2) is 36.4 Å². The first-order chi connectivity index (χ1) is 8.31. The lowest BCUT2D eigenvalue weighted by Crippen LogP contribution is -2.04. The standard InChI is InChI=1S/C14H13BrO2/c1-17-14-12-5-3-2-4-10(12)6-7-13(14)11(8-15)9-16/h2-7,9,11H,8H2,1H3. The third-order valence-electron chi connectivity index (χ3n) is 2.84. The minimum atomic E-state index is -0.172. The maximum Gasteiger partial charge on any atom is 0.130 e. The summed E-state index contributed by atoms with van der Waals surface area (Å²) in [6, 6.07) is 12.0. The maximum atomic E-state index is 11.1. The maximum absolute atomic E-state index is 11.1. The van der Waals surface area contributed by atoms with Crippen molar-refractivity contribution in [2.24, 2.45) is 0 Å². The van der Waals surface area contributed by atoms with Crippen LogP contribution >= 0.6 is 15.9 Å². The van der Waals surface area contributed by atoms with Crippen molar-refractivity contribution in [1.29, 1.82) is 0 Å². The Morgan fingerprint density at radius 3 is 2.71 bits per heavy atom. The van der Waals surface area contributed by atoms with Gasteiger partial charge in [0, 0.05) is 16.3 Å². The van der Waals surface area contributed by atoms with Crippen molar-refractivity contribution in [3.63, 3.8) is 0 Å². The van der Waals surface area contributed by atoms with Crippen LogP contribution in [0.3, 0.4) is 0 Å². The number of hydrogen-bond acceptors (Lipinski definition) is 2. The summed E-state index contributed by atoms with van der Waals surface area (Å²) >= 11 is 3.35. The van der Waals surface area contributed by atoms with Crippen LogP contribution in [0, 0.1) is 0 Å². The molecule has 3 heteroatoms. The molecule has 1 atom stereocenters. The molecule has 0 radical (unpaired) electrons. The van der Waals surface area contributed by atoms with E-state index in [4.69, 9.17) is 4.74 Å². The van der Waals surface area contributed by atoms with Crippen molar-refractivity contribution in [1.82, 2.24) is 0 Å². The molecule has 0 aliphatic carbocycles. The zero-order chi connectivity index (χ0) is 12.3. The molecular formula is C14H13BrO2. The molecule has 0 amide bonds. The third-order valence-corrected chi connectivity index (χ3v) is 3.54. The molecule has 88 valence electrons. The van der Waals surface area contributed by atoms with Gasteiger partial charge in [-0.15, -0.1) is 0 Å². The lowest BCUT2D eigenvalue weighted by molar-refractivity contribution is -0.108. The molecule has 2 nitrogen and oxygen atoms in total. The van der Waals surface area contributed by atoms with Crippen LogP contribution in [0.1, 0.15) is 11.5 Å². The van der Waals surface area contributed by atoms with E-state index in [9.17, 15) is 4.79 Å². The number of aldehydes is 1. The molecule has 0 aromatic heterocycles. The number of alkyl halides is 1. The lowest BCUT2D eigenvalue weighted by atomic mass is 9.97. The van der Waals surface area contributed by atoms with Gasteiger partial charge in [-0.2, -0.15) is 0 Å². The van der Waals surface area contributed by atoms with Crippen LogP contribution in [-0.4, -0.2) is 18.7 Å². The number of ether oxygens (including phenoxy) is 1. The van der Waals surface area contributed by atoms with Gasteiger partial charge in [0.25, 0.3) is 0 Å². The highest BCUT2D eigenvalue weighted by Gasteiger charge is 2.16. The van der Waals surface area contributed by atoms with Crippen LogP contribution in [-0.2, 0) is 4.79 Å². The molecule has 0 spiro atoms. The van der Waals surface area contributed by atoms with Crippen LogP contribution in [0.2, 0.25) is 0 Å². The highest BCUT2D eigenvalue weighted by molar-refractivity contribution is 9.09. The molecule has 2 aromatic carbocycles. The normalized spacial score (nSPS) is 12.4. The smallest absolute Gasteiger partial charge is 0.130 e. The highest BCUT2D eigenvalue weighted by Crippen LogP contribution is 2.34.